The molecule has 0 aliphatic heterocycles. The molecule has 0 unspecified atom stereocenters. The minimum atomic E-state index is -0.106. The van der Waals surface area contributed by atoms with Gasteiger partial charge in [0.2, 0.25) is 5.91 Å². The number of carbonyl (C=O) groups excluding carboxylic acids is 1. The molecule has 2 N–H and O–H groups in total. The molecule has 0 fully saturated rings. The molecule has 7 heteroatoms. The lowest BCUT2D eigenvalue weighted by Gasteiger charge is -2.22. The van der Waals surface area contributed by atoms with Crippen molar-refractivity contribution in [3.8, 4) is 0 Å². The molecule has 0 spiro atoms. The third kappa shape index (κ3) is 6.32. The zero-order chi connectivity index (χ0) is 19.8. The van der Waals surface area contributed by atoms with Crippen molar-refractivity contribution in [3.05, 3.63) is 52.8 Å². The van der Waals surface area contributed by atoms with E-state index in [1.54, 1.807) is 0 Å². The van der Waals surface area contributed by atoms with Crippen molar-refractivity contribution in [2.24, 2.45) is 12.0 Å². The van der Waals surface area contributed by atoms with Crippen LogP contribution in [0.4, 0.5) is 5.69 Å². The number of aromatic nitrogens is 1. The van der Waals surface area contributed by atoms with Crippen LogP contribution in [0.15, 0.2) is 41.5 Å². The van der Waals surface area contributed by atoms with Gasteiger partial charge in [0.1, 0.15) is 0 Å². The summed E-state index contributed by atoms with van der Waals surface area (Å²) in [5.41, 5.74) is 2.87. The van der Waals surface area contributed by atoms with Crippen molar-refractivity contribution in [1.29, 1.82) is 0 Å². The third-order valence-electron chi connectivity index (χ3n) is 4.15. The van der Waals surface area contributed by atoms with E-state index in [9.17, 15) is 4.79 Å². The predicted molar refractivity (Wildman–Crippen MR) is 112 cm³/mol. The smallest absolute Gasteiger partial charge is 0.226 e. The van der Waals surface area contributed by atoms with Crippen LogP contribution in [-0.2, 0) is 18.4 Å². The number of benzene rings is 1. The summed E-state index contributed by atoms with van der Waals surface area (Å²) < 4.78 is 2.08. The Labute approximate surface area is 166 Å². The molecule has 6 nitrogen and oxygen atoms in total. The minimum Gasteiger partial charge on any atom is -0.357 e. The number of hydrogen-bond acceptors (Lipinski definition) is 2. The molecule has 2 aromatic rings. The van der Waals surface area contributed by atoms with Gasteiger partial charge in [-0.3, -0.25) is 9.79 Å². The van der Waals surface area contributed by atoms with E-state index >= 15 is 0 Å². The van der Waals surface area contributed by atoms with Gasteiger partial charge in [-0.25, -0.2) is 0 Å². The first-order valence-electron chi connectivity index (χ1n) is 9.06. The van der Waals surface area contributed by atoms with Gasteiger partial charge >= 0.3 is 0 Å². The van der Waals surface area contributed by atoms with Gasteiger partial charge < -0.3 is 20.1 Å². The van der Waals surface area contributed by atoms with E-state index in [1.165, 1.54) is 5.69 Å². The number of aliphatic imine (C=N–C) groups is 1. The number of aryl methyl sites for hydroxylation is 2. The molecule has 0 aliphatic carbocycles. The maximum Gasteiger partial charge on any atom is 0.226 e. The standard InChI is InChI=1S/C20H28ClN5O/c1-5-22-20(26(4)14-16-7-6-12-25(16)3)23-11-10-19(27)24-18-9-8-15(2)13-17(18)21/h6-9,12-13H,5,10-11,14H2,1-4H3,(H,22,23)(H,24,27). The highest BCUT2D eigenvalue weighted by atomic mass is 35.5. The van der Waals surface area contributed by atoms with Gasteiger partial charge in [-0.2, -0.15) is 0 Å². The Kier molecular flexibility index (Phi) is 7.73. The second-order valence-corrected chi connectivity index (χ2v) is 6.89. The topological polar surface area (TPSA) is 61.7 Å². The van der Waals surface area contributed by atoms with Gasteiger partial charge in [-0.15, -0.1) is 0 Å². The zero-order valence-electron chi connectivity index (χ0n) is 16.4. The summed E-state index contributed by atoms with van der Waals surface area (Å²) in [7, 11) is 4.01. The molecule has 1 heterocycles. The average molecular weight is 390 g/mol. The highest BCUT2D eigenvalue weighted by molar-refractivity contribution is 6.33. The molecule has 0 saturated heterocycles. The summed E-state index contributed by atoms with van der Waals surface area (Å²) in [6, 6.07) is 9.67. The molecule has 0 saturated carbocycles. The molecule has 0 atom stereocenters. The Morgan fingerprint density at radius 3 is 2.74 bits per heavy atom. The number of halogens is 1. The molecular weight excluding hydrogens is 362 g/mol. The zero-order valence-corrected chi connectivity index (χ0v) is 17.2. The van der Waals surface area contributed by atoms with Crippen LogP contribution < -0.4 is 10.6 Å². The quantitative estimate of drug-likeness (QED) is 0.563. The van der Waals surface area contributed by atoms with Crippen molar-refractivity contribution in [1.82, 2.24) is 14.8 Å². The summed E-state index contributed by atoms with van der Waals surface area (Å²) in [5.74, 6) is 0.672. The van der Waals surface area contributed by atoms with Crippen LogP contribution in [-0.4, -0.2) is 41.5 Å². The summed E-state index contributed by atoms with van der Waals surface area (Å²) in [4.78, 5) is 18.8. The van der Waals surface area contributed by atoms with Crippen LogP contribution in [0.25, 0.3) is 0 Å². The molecule has 146 valence electrons. The first-order valence-corrected chi connectivity index (χ1v) is 9.44. The van der Waals surface area contributed by atoms with Crippen LogP contribution in [0, 0.1) is 6.92 Å². The monoisotopic (exact) mass is 389 g/mol. The van der Waals surface area contributed by atoms with Crippen LogP contribution in [0.2, 0.25) is 5.02 Å². The first kappa shape index (κ1) is 20.8. The van der Waals surface area contributed by atoms with E-state index in [-0.39, 0.29) is 12.3 Å². The minimum absolute atomic E-state index is 0.106. The van der Waals surface area contributed by atoms with Gasteiger partial charge in [-0.1, -0.05) is 17.7 Å². The highest BCUT2D eigenvalue weighted by Crippen LogP contribution is 2.22. The number of nitrogens with one attached hydrogen (secondary N) is 2. The Balaban J connectivity index is 1.91. The molecule has 0 aliphatic rings. The van der Waals surface area contributed by atoms with Crippen molar-refractivity contribution in [2.75, 3.05) is 25.5 Å². The fourth-order valence-electron chi connectivity index (χ4n) is 2.65. The number of anilines is 1. The molecule has 1 aromatic carbocycles. The number of guanidine groups is 1. The summed E-state index contributed by atoms with van der Waals surface area (Å²) in [6.07, 6.45) is 2.31. The number of nitrogens with zero attached hydrogens (tertiary/aromatic N) is 3. The van der Waals surface area contributed by atoms with Gasteiger partial charge in [-0.05, 0) is 43.7 Å². The maximum absolute atomic E-state index is 12.2. The fraction of sp³-hybridized carbons (Fsp3) is 0.400. The fourth-order valence-corrected chi connectivity index (χ4v) is 2.93. The lowest BCUT2D eigenvalue weighted by atomic mass is 10.2. The second-order valence-electron chi connectivity index (χ2n) is 6.48. The first-order chi connectivity index (χ1) is 12.9. The van der Waals surface area contributed by atoms with Gasteiger partial charge in [0, 0.05) is 39.0 Å². The van der Waals surface area contributed by atoms with E-state index < -0.39 is 0 Å². The highest BCUT2D eigenvalue weighted by Gasteiger charge is 2.09. The number of rotatable bonds is 7. The molecule has 1 aromatic heterocycles. The molecule has 27 heavy (non-hydrogen) atoms. The lowest BCUT2D eigenvalue weighted by molar-refractivity contribution is -0.116. The lowest BCUT2D eigenvalue weighted by Crippen LogP contribution is -2.39. The molecule has 1 amide bonds. The number of hydrogen-bond donors (Lipinski definition) is 2. The third-order valence-corrected chi connectivity index (χ3v) is 4.46. The SMILES string of the molecule is CCNC(=NCCC(=O)Nc1ccc(C)cc1Cl)N(C)Cc1cccn1C. The van der Waals surface area contributed by atoms with E-state index in [0.29, 0.717) is 17.3 Å². The van der Waals surface area contributed by atoms with E-state index in [4.69, 9.17) is 11.6 Å². The second kappa shape index (κ2) is 10.0. The van der Waals surface area contributed by atoms with Crippen molar-refractivity contribution in [2.45, 2.75) is 26.8 Å². The average Bonchev–Trinajstić information content (AvgIpc) is 3.01. The number of amides is 1. The Bertz CT molecular complexity index is 799. The maximum atomic E-state index is 12.2. The van der Waals surface area contributed by atoms with E-state index in [1.807, 2.05) is 63.3 Å². The van der Waals surface area contributed by atoms with Gasteiger partial charge in [0.15, 0.2) is 5.96 Å². The van der Waals surface area contributed by atoms with Crippen LogP contribution in [0.5, 0.6) is 0 Å². The Hall–Kier alpha value is -2.47. The molecule has 0 bridgehead atoms. The van der Waals surface area contributed by atoms with Crippen molar-refractivity contribution >= 4 is 29.2 Å². The van der Waals surface area contributed by atoms with Crippen LogP contribution in [0.3, 0.4) is 0 Å². The summed E-state index contributed by atoms with van der Waals surface area (Å²) in [5, 5.41) is 6.65. The largest absolute Gasteiger partial charge is 0.357 e. The van der Waals surface area contributed by atoms with Crippen molar-refractivity contribution in [3.63, 3.8) is 0 Å². The van der Waals surface area contributed by atoms with Crippen LogP contribution in [0.1, 0.15) is 24.6 Å². The van der Waals surface area contributed by atoms with Gasteiger partial charge in [0.25, 0.3) is 0 Å². The molecule has 2 rings (SSSR count). The number of carbonyl (C=O) groups is 1. The van der Waals surface area contributed by atoms with Crippen molar-refractivity contribution < 1.29 is 4.79 Å². The Morgan fingerprint density at radius 2 is 2.11 bits per heavy atom. The predicted octanol–water partition coefficient (Wildman–Crippen LogP) is 3.41. The van der Waals surface area contributed by atoms with Crippen LogP contribution >= 0.6 is 11.6 Å². The van der Waals surface area contributed by atoms with Gasteiger partial charge in [0.05, 0.1) is 23.8 Å². The summed E-state index contributed by atoms with van der Waals surface area (Å²) in [6.45, 7) is 5.88. The van der Waals surface area contributed by atoms with E-state index in [0.717, 1.165) is 24.6 Å². The summed E-state index contributed by atoms with van der Waals surface area (Å²) >= 11 is 6.16. The molecular formula is C20H28ClN5O. The normalized spacial score (nSPS) is 11.4. The Morgan fingerprint density at radius 1 is 1.33 bits per heavy atom. The molecule has 0 radical (unpaired) electrons. The van der Waals surface area contributed by atoms with E-state index in [2.05, 4.69) is 26.3 Å².